The molecule has 2 aliphatic heterocycles. The summed E-state index contributed by atoms with van der Waals surface area (Å²) in [5.74, 6) is 0.428. The zero-order valence-electron chi connectivity index (χ0n) is 17.0. The van der Waals surface area contributed by atoms with Crippen LogP contribution in [0.15, 0.2) is 48.6 Å². The number of ether oxygens (including phenoxy) is 2. The van der Waals surface area contributed by atoms with E-state index in [1.807, 2.05) is 76.3 Å². The third kappa shape index (κ3) is 3.58. The van der Waals surface area contributed by atoms with Crippen LogP contribution < -0.4 is 9.47 Å². The van der Waals surface area contributed by atoms with Gasteiger partial charge in [-0.05, 0) is 63.6 Å². The molecule has 2 aromatic carbocycles. The minimum atomic E-state index is -0.605. The molecule has 1 N–H and O–H groups in total. The standard InChI is InChI=1S/C25H24O4/c1-24(2)14-12-17-21(27)20(19(26)11-10-16-8-6-5-7-9-16)23-18(22(17)28-24)13-15-25(3,4)29-23/h5-15,27H,1-4H3/b11-10+. The van der Waals surface area contributed by atoms with Gasteiger partial charge >= 0.3 is 0 Å². The van der Waals surface area contributed by atoms with Gasteiger partial charge in [0, 0.05) is 0 Å². The summed E-state index contributed by atoms with van der Waals surface area (Å²) in [7, 11) is 0. The van der Waals surface area contributed by atoms with E-state index >= 15 is 0 Å². The molecule has 4 heteroatoms. The Hall–Kier alpha value is -3.27. The van der Waals surface area contributed by atoms with Crippen LogP contribution in [0.3, 0.4) is 0 Å². The molecule has 2 aromatic rings. The van der Waals surface area contributed by atoms with Crippen molar-refractivity contribution >= 4 is 24.0 Å². The van der Waals surface area contributed by atoms with Gasteiger partial charge < -0.3 is 14.6 Å². The Balaban J connectivity index is 1.87. The number of allylic oxidation sites excluding steroid dienone is 1. The summed E-state index contributed by atoms with van der Waals surface area (Å²) in [4.78, 5) is 13.1. The number of rotatable bonds is 3. The van der Waals surface area contributed by atoms with Crippen LogP contribution in [0.5, 0.6) is 17.2 Å². The molecule has 2 aliphatic rings. The Morgan fingerprint density at radius 1 is 0.897 bits per heavy atom. The van der Waals surface area contributed by atoms with Crippen LogP contribution in [0.2, 0.25) is 0 Å². The molecule has 0 aliphatic carbocycles. The van der Waals surface area contributed by atoms with Gasteiger partial charge in [0.05, 0.1) is 11.1 Å². The predicted molar refractivity (Wildman–Crippen MR) is 115 cm³/mol. The van der Waals surface area contributed by atoms with Crippen LogP contribution in [0.25, 0.3) is 18.2 Å². The number of hydrogen-bond acceptors (Lipinski definition) is 4. The molecule has 0 saturated carbocycles. The fourth-order valence-electron chi connectivity index (χ4n) is 3.46. The molecule has 0 fully saturated rings. The van der Waals surface area contributed by atoms with Crippen LogP contribution in [0, 0.1) is 0 Å². The Morgan fingerprint density at radius 3 is 2.14 bits per heavy atom. The summed E-state index contributed by atoms with van der Waals surface area (Å²) in [6.45, 7) is 7.69. The van der Waals surface area contributed by atoms with E-state index in [1.165, 1.54) is 6.08 Å². The molecular formula is C25H24O4. The summed E-state index contributed by atoms with van der Waals surface area (Å²) >= 11 is 0. The Kier molecular flexibility index (Phi) is 4.38. The second-order valence-corrected chi connectivity index (χ2v) is 8.40. The number of ketones is 1. The van der Waals surface area contributed by atoms with E-state index in [0.29, 0.717) is 22.6 Å². The van der Waals surface area contributed by atoms with Gasteiger partial charge in [-0.15, -0.1) is 0 Å². The van der Waals surface area contributed by atoms with E-state index < -0.39 is 11.2 Å². The van der Waals surface area contributed by atoms with E-state index in [1.54, 1.807) is 12.2 Å². The van der Waals surface area contributed by atoms with Crippen LogP contribution >= 0.6 is 0 Å². The van der Waals surface area contributed by atoms with Crippen molar-refractivity contribution in [2.24, 2.45) is 0 Å². The van der Waals surface area contributed by atoms with Crippen molar-refractivity contribution < 1.29 is 19.4 Å². The molecule has 2 heterocycles. The van der Waals surface area contributed by atoms with Crippen molar-refractivity contribution in [3.8, 4) is 17.2 Å². The van der Waals surface area contributed by atoms with Crippen LogP contribution in [-0.2, 0) is 0 Å². The SMILES string of the molecule is CC1(C)C=Cc2c(O)c(C(=O)/C=C/c3ccccc3)c3c(c2O1)C=CC(C)(C)O3. The maximum Gasteiger partial charge on any atom is 0.193 e. The summed E-state index contributed by atoms with van der Waals surface area (Å²) < 4.78 is 12.3. The highest BCUT2D eigenvalue weighted by Crippen LogP contribution is 2.50. The molecule has 29 heavy (non-hydrogen) atoms. The molecule has 0 saturated heterocycles. The number of fused-ring (bicyclic) bond motifs is 3. The Bertz CT molecular complexity index is 1070. The van der Waals surface area contributed by atoms with E-state index in [0.717, 1.165) is 5.56 Å². The van der Waals surface area contributed by atoms with Crippen LogP contribution in [0.1, 0.15) is 54.7 Å². The lowest BCUT2D eigenvalue weighted by Gasteiger charge is -2.35. The van der Waals surface area contributed by atoms with Crippen molar-refractivity contribution in [2.75, 3.05) is 0 Å². The van der Waals surface area contributed by atoms with Gasteiger partial charge in [-0.2, -0.15) is 0 Å². The molecule has 0 atom stereocenters. The summed E-state index contributed by atoms with van der Waals surface area (Å²) in [6.07, 6.45) is 10.7. The summed E-state index contributed by atoms with van der Waals surface area (Å²) in [6, 6.07) is 9.55. The zero-order chi connectivity index (χ0) is 20.8. The summed E-state index contributed by atoms with van der Waals surface area (Å²) in [5.41, 5.74) is 1.09. The molecule has 148 valence electrons. The number of phenols is 1. The fourth-order valence-corrected chi connectivity index (χ4v) is 3.46. The molecule has 0 amide bonds. The van der Waals surface area contributed by atoms with Gasteiger partial charge in [0.1, 0.15) is 34.0 Å². The monoisotopic (exact) mass is 388 g/mol. The lowest BCUT2D eigenvalue weighted by molar-refractivity contribution is 0.102. The number of hydrogen-bond donors (Lipinski definition) is 1. The maximum absolute atomic E-state index is 13.1. The maximum atomic E-state index is 13.1. The normalized spacial score (nSPS) is 17.9. The Morgan fingerprint density at radius 2 is 1.48 bits per heavy atom. The van der Waals surface area contributed by atoms with Crippen molar-refractivity contribution in [1.82, 2.24) is 0 Å². The third-order valence-corrected chi connectivity index (χ3v) is 4.96. The first-order chi connectivity index (χ1) is 13.7. The number of aromatic hydroxyl groups is 1. The first-order valence-electron chi connectivity index (χ1n) is 9.64. The summed E-state index contributed by atoms with van der Waals surface area (Å²) in [5, 5.41) is 11.0. The number of carbonyl (C=O) groups excluding carboxylic acids is 1. The van der Waals surface area contributed by atoms with Crippen molar-refractivity contribution in [3.63, 3.8) is 0 Å². The average Bonchev–Trinajstić information content (AvgIpc) is 2.65. The lowest BCUT2D eigenvalue weighted by atomic mass is 9.90. The molecule has 0 radical (unpaired) electrons. The molecule has 0 spiro atoms. The topological polar surface area (TPSA) is 55.8 Å². The number of benzene rings is 2. The highest BCUT2D eigenvalue weighted by Gasteiger charge is 2.36. The first-order valence-corrected chi connectivity index (χ1v) is 9.64. The van der Waals surface area contributed by atoms with Crippen LogP contribution in [-0.4, -0.2) is 22.1 Å². The minimum absolute atomic E-state index is 0.126. The largest absolute Gasteiger partial charge is 0.506 e. The second-order valence-electron chi connectivity index (χ2n) is 8.40. The highest BCUT2D eigenvalue weighted by molar-refractivity contribution is 6.12. The van der Waals surface area contributed by atoms with Gasteiger partial charge in [-0.3, -0.25) is 4.79 Å². The van der Waals surface area contributed by atoms with Gasteiger partial charge in [0.2, 0.25) is 0 Å². The third-order valence-electron chi connectivity index (χ3n) is 4.96. The highest BCUT2D eigenvalue weighted by atomic mass is 16.5. The number of phenolic OH excluding ortho intramolecular Hbond substituents is 1. The van der Waals surface area contributed by atoms with Gasteiger partial charge in [-0.1, -0.05) is 36.4 Å². The predicted octanol–water partition coefficient (Wildman–Crippen LogP) is 5.66. The van der Waals surface area contributed by atoms with E-state index in [4.69, 9.17) is 9.47 Å². The molecule has 0 bridgehead atoms. The van der Waals surface area contributed by atoms with Gasteiger partial charge in [0.15, 0.2) is 5.78 Å². The quantitative estimate of drug-likeness (QED) is 0.545. The van der Waals surface area contributed by atoms with E-state index in [9.17, 15) is 9.90 Å². The minimum Gasteiger partial charge on any atom is -0.506 e. The van der Waals surface area contributed by atoms with Crippen molar-refractivity contribution in [3.05, 3.63) is 70.8 Å². The second kappa shape index (κ2) is 6.66. The Labute approximate surface area is 170 Å². The fraction of sp³-hybridized carbons (Fsp3) is 0.240. The number of carbonyl (C=O) groups is 1. The first kappa shape index (κ1) is 19.1. The van der Waals surface area contributed by atoms with Gasteiger partial charge in [-0.25, -0.2) is 0 Å². The molecule has 4 rings (SSSR count). The van der Waals surface area contributed by atoms with Gasteiger partial charge in [0.25, 0.3) is 0 Å². The van der Waals surface area contributed by atoms with Crippen LogP contribution in [0.4, 0.5) is 0 Å². The molecule has 0 aromatic heterocycles. The van der Waals surface area contributed by atoms with Crippen molar-refractivity contribution in [1.29, 1.82) is 0 Å². The van der Waals surface area contributed by atoms with E-state index in [-0.39, 0.29) is 17.1 Å². The molecular weight excluding hydrogens is 364 g/mol. The van der Waals surface area contributed by atoms with Crippen molar-refractivity contribution in [2.45, 2.75) is 38.9 Å². The van der Waals surface area contributed by atoms with E-state index in [2.05, 4.69) is 0 Å². The molecule has 4 nitrogen and oxygen atoms in total. The smallest absolute Gasteiger partial charge is 0.193 e. The zero-order valence-corrected chi connectivity index (χ0v) is 17.0. The molecule has 0 unspecified atom stereocenters. The lowest BCUT2D eigenvalue weighted by Crippen LogP contribution is -2.31. The average molecular weight is 388 g/mol.